The van der Waals surface area contributed by atoms with Crippen LogP contribution in [0.4, 0.5) is 10.2 Å². The van der Waals surface area contributed by atoms with Gasteiger partial charge >= 0.3 is 0 Å². The molecule has 1 saturated heterocycles. The van der Waals surface area contributed by atoms with E-state index < -0.39 is 0 Å². The molecule has 32 heavy (non-hydrogen) atoms. The van der Waals surface area contributed by atoms with E-state index in [-0.39, 0.29) is 11.7 Å². The van der Waals surface area contributed by atoms with Gasteiger partial charge in [0.05, 0.1) is 25.5 Å². The molecule has 0 aliphatic carbocycles. The van der Waals surface area contributed by atoms with Gasteiger partial charge in [0.2, 0.25) is 0 Å². The molecule has 0 spiro atoms. The maximum absolute atomic E-state index is 13.4. The summed E-state index contributed by atoms with van der Waals surface area (Å²) in [7, 11) is 0. The van der Waals surface area contributed by atoms with Crippen LogP contribution < -0.4 is 4.90 Å². The summed E-state index contributed by atoms with van der Waals surface area (Å²) in [6.07, 6.45) is 0.628. The van der Waals surface area contributed by atoms with Crippen molar-refractivity contribution in [3.05, 3.63) is 76.2 Å². The van der Waals surface area contributed by atoms with Crippen molar-refractivity contribution in [1.29, 1.82) is 0 Å². The van der Waals surface area contributed by atoms with Crippen LogP contribution in [0.1, 0.15) is 21.6 Å². The first kappa shape index (κ1) is 20.8. The van der Waals surface area contributed by atoms with E-state index in [9.17, 15) is 9.18 Å². The standard InChI is InChI=1S/C24H22ClFN4O2/c25-18-5-1-17(2-6-18)24(31)30-10-9-21-20(15-30)23(29-11-13-32-14-12-29)28-22(27-21)16-3-7-19(26)8-4-16/h1-8H,9-15H2. The molecule has 2 aromatic carbocycles. The smallest absolute Gasteiger partial charge is 0.254 e. The van der Waals surface area contributed by atoms with Crippen molar-refractivity contribution in [3.63, 3.8) is 0 Å². The molecule has 3 heterocycles. The van der Waals surface area contributed by atoms with Crippen LogP contribution in [0.3, 0.4) is 0 Å². The van der Waals surface area contributed by atoms with E-state index in [1.165, 1.54) is 12.1 Å². The molecular formula is C24H22ClFN4O2. The highest BCUT2D eigenvalue weighted by Gasteiger charge is 2.29. The van der Waals surface area contributed by atoms with E-state index in [0.717, 1.165) is 35.7 Å². The zero-order valence-electron chi connectivity index (χ0n) is 17.4. The number of carbonyl (C=O) groups is 1. The fourth-order valence-electron chi connectivity index (χ4n) is 4.11. The molecule has 0 saturated carbocycles. The highest BCUT2D eigenvalue weighted by molar-refractivity contribution is 6.30. The highest BCUT2D eigenvalue weighted by Crippen LogP contribution is 2.31. The molecule has 3 aromatic rings. The number of anilines is 1. The molecule has 0 unspecified atom stereocenters. The number of benzene rings is 2. The molecular weight excluding hydrogens is 431 g/mol. The molecule has 1 fully saturated rings. The number of halogens is 2. The number of hydrogen-bond donors (Lipinski definition) is 0. The lowest BCUT2D eigenvalue weighted by Crippen LogP contribution is -2.41. The van der Waals surface area contributed by atoms with Gasteiger partial charge in [-0.05, 0) is 48.5 Å². The molecule has 0 N–H and O–H groups in total. The van der Waals surface area contributed by atoms with E-state index >= 15 is 0 Å². The van der Waals surface area contributed by atoms with E-state index in [0.29, 0.717) is 49.1 Å². The largest absolute Gasteiger partial charge is 0.378 e. The summed E-state index contributed by atoms with van der Waals surface area (Å²) in [6.45, 7) is 3.69. The van der Waals surface area contributed by atoms with Crippen LogP contribution in [0, 0.1) is 5.82 Å². The van der Waals surface area contributed by atoms with E-state index in [2.05, 4.69) is 4.90 Å². The van der Waals surface area contributed by atoms with Gasteiger partial charge in [-0.1, -0.05) is 11.6 Å². The Kier molecular flexibility index (Phi) is 5.76. The number of amides is 1. The lowest BCUT2D eigenvalue weighted by molar-refractivity contribution is 0.0733. The summed E-state index contributed by atoms with van der Waals surface area (Å²) in [4.78, 5) is 26.8. The molecule has 164 valence electrons. The number of aromatic nitrogens is 2. The topological polar surface area (TPSA) is 58.6 Å². The van der Waals surface area contributed by atoms with Gasteiger partial charge in [-0.25, -0.2) is 14.4 Å². The molecule has 0 radical (unpaired) electrons. The first-order valence-corrected chi connectivity index (χ1v) is 11.0. The van der Waals surface area contributed by atoms with E-state index in [1.807, 2.05) is 4.90 Å². The average molecular weight is 453 g/mol. The van der Waals surface area contributed by atoms with Crippen molar-refractivity contribution < 1.29 is 13.9 Å². The minimum Gasteiger partial charge on any atom is -0.378 e. The van der Waals surface area contributed by atoms with Gasteiger partial charge in [0.25, 0.3) is 5.91 Å². The molecule has 8 heteroatoms. The van der Waals surface area contributed by atoms with Gasteiger partial charge in [0, 0.05) is 47.8 Å². The Morgan fingerprint density at radius 2 is 1.69 bits per heavy atom. The number of rotatable bonds is 3. The zero-order valence-corrected chi connectivity index (χ0v) is 18.2. The summed E-state index contributed by atoms with van der Waals surface area (Å²) in [5, 5.41) is 0.599. The molecule has 0 atom stereocenters. The van der Waals surface area contributed by atoms with Gasteiger partial charge in [-0.2, -0.15) is 0 Å². The number of hydrogen-bond acceptors (Lipinski definition) is 5. The summed E-state index contributed by atoms with van der Waals surface area (Å²) >= 11 is 5.97. The SMILES string of the molecule is O=C(c1ccc(Cl)cc1)N1CCc2nc(-c3ccc(F)cc3)nc(N3CCOCC3)c2C1. The third kappa shape index (κ3) is 4.18. The van der Waals surface area contributed by atoms with Crippen LogP contribution >= 0.6 is 11.6 Å². The van der Waals surface area contributed by atoms with Crippen LogP contribution in [-0.2, 0) is 17.7 Å². The van der Waals surface area contributed by atoms with E-state index in [4.69, 9.17) is 26.3 Å². The number of fused-ring (bicyclic) bond motifs is 1. The normalized spacial score (nSPS) is 16.1. The Morgan fingerprint density at radius 3 is 2.41 bits per heavy atom. The fraction of sp³-hybridized carbons (Fsp3) is 0.292. The van der Waals surface area contributed by atoms with Gasteiger partial charge < -0.3 is 14.5 Å². The quantitative estimate of drug-likeness (QED) is 0.601. The molecule has 1 aromatic heterocycles. The number of ether oxygens (including phenoxy) is 1. The molecule has 1 amide bonds. The average Bonchev–Trinajstić information content (AvgIpc) is 2.84. The summed E-state index contributed by atoms with van der Waals surface area (Å²) in [5.74, 6) is 1.06. The third-order valence-electron chi connectivity index (χ3n) is 5.83. The molecule has 5 rings (SSSR count). The number of carbonyl (C=O) groups excluding carboxylic acids is 1. The van der Waals surface area contributed by atoms with Crippen LogP contribution in [0.15, 0.2) is 48.5 Å². The second kappa shape index (κ2) is 8.84. The predicted molar refractivity (Wildman–Crippen MR) is 120 cm³/mol. The monoisotopic (exact) mass is 452 g/mol. The molecule has 2 aliphatic heterocycles. The van der Waals surface area contributed by atoms with Crippen LogP contribution in [0.25, 0.3) is 11.4 Å². The van der Waals surface area contributed by atoms with Crippen molar-refractivity contribution >= 4 is 23.3 Å². The van der Waals surface area contributed by atoms with Crippen LogP contribution in [-0.4, -0.2) is 53.6 Å². The Bertz CT molecular complexity index is 1130. The maximum atomic E-state index is 13.4. The minimum atomic E-state index is -0.295. The fourth-order valence-corrected chi connectivity index (χ4v) is 4.24. The Morgan fingerprint density at radius 1 is 0.969 bits per heavy atom. The summed E-state index contributed by atoms with van der Waals surface area (Å²) in [5.41, 5.74) is 3.27. The second-order valence-electron chi connectivity index (χ2n) is 7.89. The van der Waals surface area contributed by atoms with E-state index in [1.54, 1.807) is 36.4 Å². The van der Waals surface area contributed by atoms with Gasteiger partial charge in [-0.15, -0.1) is 0 Å². The Labute approximate surface area is 190 Å². The van der Waals surface area contributed by atoms with Gasteiger partial charge in [0.15, 0.2) is 5.82 Å². The lowest BCUT2D eigenvalue weighted by Gasteiger charge is -2.34. The van der Waals surface area contributed by atoms with Crippen molar-refractivity contribution in [2.45, 2.75) is 13.0 Å². The lowest BCUT2D eigenvalue weighted by atomic mass is 10.0. The maximum Gasteiger partial charge on any atom is 0.254 e. The predicted octanol–water partition coefficient (Wildman–Crippen LogP) is 3.97. The first-order valence-electron chi connectivity index (χ1n) is 10.6. The van der Waals surface area contributed by atoms with Crippen LogP contribution in [0.2, 0.25) is 5.02 Å². The zero-order chi connectivity index (χ0) is 22.1. The summed E-state index contributed by atoms with van der Waals surface area (Å²) in [6, 6.07) is 13.2. The summed E-state index contributed by atoms with van der Waals surface area (Å²) < 4.78 is 18.9. The first-order chi connectivity index (χ1) is 15.6. The number of nitrogens with zero attached hydrogens (tertiary/aromatic N) is 4. The van der Waals surface area contributed by atoms with Crippen molar-refractivity contribution in [2.75, 3.05) is 37.7 Å². The Hall–Kier alpha value is -3.03. The van der Waals surface area contributed by atoms with Crippen molar-refractivity contribution in [1.82, 2.24) is 14.9 Å². The second-order valence-corrected chi connectivity index (χ2v) is 8.32. The Balaban J connectivity index is 1.51. The van der Waals surface area contributed by atoms with Gasteiger partial charge in [0.1, 0.15) is 11.6 Å². The van der Waals surface area contributed by atoms with Crippen LogP contribution in [0.5, 0.6) is 0 Å². The van der Waals surface area contributed by atoms with Crippen molar-refractivity contribution in [2.24, 2.45) is 0 Å². The van der Waals surface area contributed by atoms with Gasteiger partial charge in [-0.3, -0.25) is 4.79 Å². The van der Waals surface area contributed by atoms with Crippen molar-refractivity contribution in [3.8, 4) is 11.4 Å². The molecule has 0 bridgehead atoms. The molecule has 2 aliphatic rings. The minimum absolute atomic E-state index is 0.0390. The molecule has 6 nitrogen and oxygen atoms in total. The third-order valence-corrected chi connectivity index (χ3v) is 6.08. The number of morpholine rings is 1. The highest BCUT2D eigenvalue weighted by atomic mass is 35.5.